The highest BCUT2D eigenvalue weighted by Gasteiger charge is 2.10. The highest BCUT2D eigenvalue weighted by molar-refractivity contribution is 9.10. The van der Waals surface area contributed by atoms with Crippen LogP contribution >= 0.6 is 27.7 Å². The van der Waals surface area contributed by atoms with Crippen LogP contribution in [0.4, 0.5) is 0 Å². The molecule has 7 heteroatoms. The Bertz CT molecular complexity index is 539. The first-order valence-corrected chi connectivity index (χ1v) is 10.3. The zero-order valence-corrected chi connectivity index (χ0v) is 17.0. The van der Waals surface area contributed by atoms with Crippen molar-refractivity contribution in [3.63, 3.8) is 0 Å². The second-order valence-corrected chi connectivity index (χ2v) is 7.11. The van der Waals surface area contributed by atoms with Gasteiger partial charge in [-0.3, -0.25) is 9.79 Å². The van der Waals surface area contributed by atoms with Crippen molar-refractivity contribution in [2.24, 2.45) is 4.99 Å². The van der Waals surface area contributed by atoms with E-state index in [1.807, 2.05) is 38.2 Å². The third-order valence-corrected chi connectivity index (χ3v) is 4.70. The summed E-state index contributed by atoms with van der Waals surface area (Å²) in [4.78, 5) is 18.5. The maximum Gasteiger partial charge on any atom is 0.224 e. The summed E-state index contributed by atoms with van der Waals surface area (Å²) in [5.41, 5.74) is 1.10. The van der Waals surface area contributed by atoms with Gasteiger partial charge in [0, 0.05) is 43.3 Å². The smallest absolute Gasteiger partial charge is 0.224 e. The lowest BCUT2D eigenvalue weighted by Crippen LogP contribution is -2.39. The highest BCUT2D eigenvalue weighted by atomic mass is 79.9. The van der Waals surface area contributed by atoms with Crippen LogP contribution in [0.15, 0.2) is 33.7 Å². The molecule has 0 atom stereocenters. The van der Waals surface area contributed by atoms with Gasteiger partial charge in [-0.05, 0) is 24.8 Å². The lowest BCUT2D eigenvalue weighted by atomic mass is 10.2. The van der Waals surface area contributed by atoms with Gasteiger partial charge in [0.2, 0.25) is 5.91 Å². The molecule has 0 aliphatic heterocycles. The molecule has 0 unspecified atom stereocenters. The molecule has 0 aromatic heterocycles. The van der Waals surface area contributed by atoms with Crippen molar-refractivity contribution in [2.75, 3.05) is 38.7 Å². The number of halogens is 1. The molecular formula is C17H27BrN4OS. The van der Waals surface area contributed by atoms with E-state index in [1.165, 1.54) is 0 Å². The highest BCUT2D eigenvalue weighted by Crippen LogP contribution is 2.17. The number of rotatable bonds is 9. The number of benzene rings is 1. The fraction of sp³-hybridized carbons (Fsp3) is 0.529. The Morgan fingerprint density at radius 3 is 2.75 bits per heavy atom. The lowest BCUT2D eigenvalue weighted by Gasteiger charge is -2.19. The first kappa shape index (κ1) is 20.8. The second kappa shape index (κ2) is 12.2. The number of nitrogens with zero attached hydrogens (tertiary/aromatic N) is 2. The predicted octanol–water partition coefficient (Wildman–Crippen LogP) is 2.72. The fourth-order valence-electron chi connectivity index (χ4n) is 2.04. The summed E-state index contributed by atoms with van der Waals surface area (Å²) in [5, 5.41) is 6.40. The zero-order chi connectivity index (χ0) is 17.8. The minimum Gasteiger partial charge on any atom is -0.357 e. The number of amides is 1. The Kier molecular flexibility index (Phi) is 10.6. The van der Waals surface area contributed by atoms with E-state index in [9.17, 15) is 4.79 Å². The normalized spacial score (nSPS) is 11.2. The van der Waals surface area contributed by atoms with Crippen LogP contribution in [0.1, 0.15) is 18.9 Å². The second-order valence-electron chi connectivity index (χ2n) is 5.27. The number of aliphatic imine (C=N–C) groups is 1. The largest absolute Gasteiger partial charge is 0.357 e. The molecule has 1 rings (SSSR count). The molecule has 24 heavy (non-hydrogen) atoms. The average molecular weight is 415 g/mol. The van der Waals surface area contributed by atoms with Gasteiger partial charge in [0.05, 0.1) is 6.54 Å². The number of nitrogens with one attached hydrogen (secondary N) is 2. The number of carbonyl (C=O) groups is 1. The van der Waals surface area contributed by atoms with Crippen LogP contribution in [0.2, 0.25) is 0 Å². The number of hydrogen-bond donors (Lipinski definition) is 2. The van der Waals surface area contributed by atoms with Gasteiger partial charge in [-0.1, -0.05) is 34.1 Å². The van der Waals surface area contributed by atoms with Crippen molar-refractivity contribution < 1.29 is 4.79 Å². The summed E-state index contributed by atoms with van der Waals surface area (Å²) in [6.07, 6.45) is 2.50. The van der Waals surface area contributed by atoms with E-state index < -0.39 is 0 Å². The third kappa shape index (κ3) is 8.06. The van der Waals surface area contributed by atoms with Crippen molar-refractivity contribution in [1.29, 1.82) is 0 Å². The van der Waals surface area contributed by atoms with Gasteiger partial charge in [0.15, 0.2) is 5.96 Å². The number of carbonyl (C=O) groups excluding carboxylic acids is 1. The van der Waals surface area contributed by atoms with Crippen molar-refractivity contribution in [1.82, 2.24) is 15.5 Å². The van der Waals surface area contributed by atoms with Crippen LogP contribution in [0.3, 0.4) is 0 Å². The molecule has 0 aliphatic carbocycles. The summed E-state index contributed by atoms with van der Waals surface area (Å²) >= 11 is 5.29. The summed E-state index contributed by atoms with van der Waals surface area (Å²) < 4.78 is 1.03. The Morgan fingerprint density at radius 1 is 1.33 bits per heavy atom. The Hall–Kier alpha value is -1.21. The molecular weight excluding hydrogens is 388 g/mol. The SMILES string of the molecule is CCNC(=NCCSC)NCCC(=O)N(C)Cc1ccccc1Br. The maximum atomic E-state index is 12.3. The Labute approximate surface area is 157 Å². The van der Waals surface area contributed by atoms with E-state index in [-0.39, 0.29) is 5.91 Å². The Balaban J connectivity index is 2.40. The molecule has 1 aromatic carbocycles. The zero-order valence-electron chi connectivity index (χ0n) is 14.6. The predicted molar refractivity (Wildman–Crippen MR) is 108 cm³/mol. The number of thioether (sulfide) groups is 1. The van der Waals surface area contributed by atoms with Crippen LogP contribution in [0, 0.1) is 0 Å². The van der Waals surface area contributed by atoms with Gasteiger partial charge in [-0.25, -0.2) is 0 Å². The van der Waals surface area contributed by atoms with Crippen molar-refractivity contribution in [3.05, 3.63) is 34.3 Å². The molecule has 1 amide bonds. The molecule has 0 radical (unpaired) electrons. The van der Waals surface area contributed by atoms with Crippen LogP contribution in [0.25, 0.3) is 0 Å². The Morgan fingerprint density at radius 2 is 2.08 bits per heavy atom. The molecule has 2 N–H and O–H groups in total. The molecule has 0 saturated heterocycles. The standard InChI is InChI=1S/C17H27BrN4OS/c1-4-19-17(21-11-12-24-3)20-10-9-16(23)22(2)13-14-7-5-6-8-15(14)18/h5-8H,4,9-13H2,1-3H3,(H2,19,20,21). The van der Waals surface area contributed by atoms with E-state index >= 15 is 0 Å². The van der Waals surface area contributed by atoms with Crippen LogP contribution in [-0.4, -0.2) is 55.5 Å². The van der Waals surface area contributed by atoms with Crippen LogP contribution < -0.4 is 10.6 Å². The van der Waals surface area contributed by atoms with Crippen LogP contribution in [0.5, 0.6) is 0 Å². The fourth-order valence-corrected chi connectivity index (χ4v) is 2.72. The van der Waals surface area contributed by atoms with Gasteiger partial charge in [-0.2, -0.15) is 11.8 Å². The van der Waals surface area contributed by atoms with Gasteiger partial charge in [-0.15, -0.1) is 0 Å². The van der Waals surface area contributed by atoms with E-state index in [2.05, 4.69) is 37.8 Å². The van der Waals surface area contributed by atoms with E-state index in [0.29, 0.717) is 19.5 Å². The van der Waals surface area contributed by atoms with Crippen molar-refractivity contribution >= 4 is 39.6 Å². The molecule has 0 bridgehead atoms. The first-order chi connectivity index (χ1) is 11.6. The van der Waals surface area contributed by atoms with Gasteiger partial charge in [0.1, 0.15) is 0 Å². The minimum atomic E-state index is 0.109. The maximum absolute atomic E-state index is 12.3. The quantitative estimate of drug-likeness (QED) is 0.370. The van der Waals surface area contributed by atoms with E-state index in [4.69, 9.17) is 0 Å². The van der Waals surface area contributed by atoms with E-state index in [1.54, 1.807) is 16.7 Å². The number of guanidine groups is 1. The summed E-state index contributed by atoms with van der Waals surface area (Å²) in [6.45, 7) is 4.78. The topological polar surface area (TPSA) is 56.7 Å². The molecule has 0 heterocycles. The molecule has 134 valence electrons. The van der Waals surface area contributed by atoms with Gasteiger partial charge in [0.25, 0.3) is 0 Å². The molecule has 0 fully saturated rings. The lowest BCUT2D eigenvalue weighted by molar-refractivity contribution is -0.130. The minimum absolute atomic E-state index is 0.109. The summed E-state index contributed by atoms with van der Waals surface area (Å²) in [7, 11) is 1.83. The molecule has 5 nitrogen and oxygen atoms in total. The molecule has 0 spiro atoms. The first-order valence-electron chi connectivity index (χ1n) is 8.07. The molecule has 1 aromatic rings. The van der Waals surface area contributed by atoms with E-state index in [0.717, 1.165) is 34.8 Å². The van der Waals surface area contributed by atoms with Gasteiger partial charge >= 0.3 is 0 Å². The molecule has 0 saturated carbocycles. The third-order valence-electron chi connectivity index (χ3n) is 3.33. The summed E-state index contributed by atoms with van der Waals surface area (Å²) in [6, 6.07) is 7.96. The van der Waals surface area contributed by atoms with Crippen LogP contribution in [-0.2, 0) is 11.3 Å². The van der Waals surface area contributed by atoms with Gasteiger partial charge < -0.3 is 15.5 Å². The van der Waals surface area contributed by atoms with Crippen molar-refractivity contribution in [2.45, 2.75) is 19.9 Å². The average Bonchev–Trinajstić information content (AvgIpc) is 2.57. The molecule has 0 aliphatic rings. The van der Waals surface area contributed by atoms with Crippen molar-refractivity contribution in [3.8, 4) is 0 Å². The monoisotopic (exact) mass is 414 g/mol. The summed E-state index contributed by atoms with van der Waals surface area (Å²) in [5.74, 6) is 1.87. The number of hydrogen-bond acceptors (Lipinski definition) is 3.